The molecule has 3 rings (SSSR count). The van der Waals surface area contributed by atoms with Crippen molar-refractivity contribution in [2.45, 2.75) is 6.92 Å². The minimum absolute atomic E-state index is 0.0849. The monoisotopic (exact) mass is 241 g/mol. The summed E-state index contributed by atoms with van der Waals surface area (Å²) >= 11 is 0. The van der Waals surface area contributed by atoms with Crippen molar-refractivity contribution in [3.8, 4) is 11.4 Å². The molecule has 0 saturated carbocycles. The lowest BCUT2D eigenvalue weighted by atomic mass is 10.2. The average molecular weight is 241 g/mol. The van der Waals surface area contributed by atoms with E-state index in [2.05, 4.69) is 19.9 Å². The Morgan fingerprint density at radius 1 is 1.28 bits per heavy atom. The molecule has 3 heterocycles. The van der Waals surface area contributed by atoms with Crippen LogP contribution < -0.4 is 11.2 Å². The summed E-state index contributed by atoms with van der Waals surface area (Å²) in [6, 6.07) is 5.00. The standard InChI is InChI=1S/C12H11N5O/c1-6-4-9(18)7(5-14-6)11-15-8-2-3-10(13)16-12(8)17-11/h2-5H,1H3,(H,14,18)(H3,13,15,16,17). The van der Waals surface area contributed by atoms with Crippen LogP contribution in [0.3, 0.4) is 0 Å². The third kappa shape index (κ3) is 1.64. The van der Waals surface area contributed by atoms with Crippen molar-refractivity contribution in [2.24, 2.45) is 0 Å². The van der Waals surface area contributed by atoms with Crippen LogP contribution in [-0.2, 0) is 0 Å². The van der Waals surface area contributed by atoms with Gasteiger partial charge in [-0.2, -0.15) is 0 Å². The predicted molar refractivity (Wildman–Crippen MR) is 69.1 cm³/mol. The van der Waals surface area contributed by atoms with Crippen LogP contribution in [0.1, 0.15) is 5.69 Å². The second-order valence-corrected chi connectivity index (χ2v) is 4.09. The Labute approximate surface area is 102 Å². The molecule has 0 aliphatic carbocycles. The number of imidazole rings is 1. The van der Waals surface area contributed by atoms with Crippen molar-refractivity contribution in [3.63, 3.8) is 0 Å². The molecule has 0 atom stereocenters. The number of pyridine rings is 2. The molecule has 0 bridgehead atoms. The van der Waals surface area contributed by atoms with E-state index in [1.54, 1.807) is 18.3 Å². The van der Waals surface area contributed by atoms with Crippen molar-refractivity contribution in [2.75, 3.05) is 5.73 Å². The Morgan fingerprint density at radius 3 is 2.89 bits per heavy atom. The Hall–Kier alpha value is -2.63. The molecule has 0 aliphatic heterocycles. The molecular weight excluding hydrogens is 230 g/mol. The van der Waals surface area contributed by atoms with Gasteiger partial charge in [-0.3, -0.25) is 4.79 Å². The zero-order chi connectivity index (χ0) is 12.7. The highest BCUT2D eigenvalue weighted by molar-refractivity contribution is 5.77. The molecule has 0 saturated heterocycles. The van der Waals surface area contributed by atoms with Gasteiger partial charge < -0.3 is 15.7 Å². The number of fused-ring (bicyclic) bond motifs is 1. The first-order valence-electron chi connectivity index (χ1n) is 5.45. The zero-order valence-electron chi connectivity index (χ0n) is 9.69. The number of aryl methyl sites for hydroxylation is 1. The second kappa shape index (κ2) is 3.69. The number of aromatic amines is 2. The minimum Gasteiger partial charge on any atom is -0.384 e. The van der Waals surface area contributed by atoms with E-state index >= 15 is 0 Å². The van der Waals surface area contributed by atoms with Crippen LogP contribution in [0, 0.1) is 6.92 Å². The summed E-state index contributed by atoms with van der Waals surface area (Å²) in [6.45, 7) is 1.83. The van der Waals surface area contributed by atoms with Crippen LogP contribution in [0.2, 0.25) is 0 Å². The van der Waals surface area contributed by atoms with E-state index in [4.69, 9.17) is 5.73 Å². The van der Waals surface area contributed by atoms with Gasteiger partial charge >= 0.3 is 0 Å². The van der Waals surface area contributed by atoms with Crippen LogP contribution >= 0.6 is 0 Å². The van der Waals surface area contributed by atoms with Crippen molar-refractivity contribution in [1.29, 1.82) is 0 Å². The maximum absolute atomic E-state index is 11.9. The normalized spacial score (nSPS) is 10.9. The number of rotatable bonds is 1. The fourth-order valence-corrected chi connectivity index (χ4v) is 1.79. The molecule has 6 heteroatoms. The summed E-state index contributed by atoms with van der Waals surface area (Å²) in [5, 5.41) is 0. The first-order valence-corrected chi connectivity index (χ1v) is 5.45. The molecule has 18 heavy (non-hydrogen) atoms. The van der Waals surface area contributed by atoms with Gasteiger partial charge in [0.2, 0.25) is 0 Å². The quantitative estimate of drug-likeness (QED) is 0.596. The van der Waals surface area contributed by atoms with Gasteiger partial charge in [0, 0.05) is 18.0 Å². The van der Waals surface area contributed by atoms with Crippen LogP contribution in [0.4, 0.5) is 5.82 Å². The van der Waals surface area contributed by atoms with E-state index in [1.807, 2.05) is 6.92 Å². The molecule has 0 aromatic carbocycles. The number of nitrogens with two attached hydrogens (primary N) is 1. The van der Waals surface area contributed by atoms with Crippen LogP contribution in [0.25, 0.3) is 22.6 Å². The fraction of sp³-hybridized carbons (Fsp3) is 0.0833. The van der Waals surface area contributed by atoms with Gasteiger partial charge in [-0.05, 0) is 19.1 Å². The first kappa shape index (κ1) is 10.5. The number of nitrogens with zero attached hydrogens (tertiary/aromatic N) is 2. The zero-order valence-corrected chi connectivity index (χ0v) is 9.69. The second-order valence-electron chi connectivity index (χ2n) is 4.09. The number of aromatic nitrogens is 4. The number of anilines is 1. The van der Waals surface area contributed by atoms with Gasteiger partial charge in [0.15, 0.2) is 11.1 Å². The molecule has 0 spiro atoms. The van der Waals surface area contributed by atoms with Crippen molar-refractivity contribution < 1.29 is 0 Å². The lowest BCUT2D eigenvalue weighted by Crippen LogP contribution is -2.05. The van der Waals surface area contributed by atoms with Gasteiger partial charge in [0.1, 0.15) is 11.6 Å². The summed E-state index contributed by atoms with van der Waals surface area (Å²) in [4.78, 5) is 26.3. The van der Waals surface area contributed by atoms with Gasteiger partial charge in [0.05, 0.1) is 11.1 Å². The summed E-state index contributed by atoms with van der Waals surface area (Å²) in [6.07, 6.45) is 1.64. The van der Waals surface area contributed by atoms with Crippen molar-refractivity contribution in [1.82, 2.24) is 19.9 Å². The largest absolute Gasteiger partial charge is 0.384 e. The number of nitrogen functional groups attached to an aromatic ring is 1. The maximum atomic E-state index is 11.9. The molecule has 0 amide bonds. The third-order valence-corrected chi connectivity index (χ3v) is 2.68. The van der Waals surface area contributed by atoms with Gasteiger partial charge in [-0.25, -0.2) is 9.97 Å². The minimum atomic E-state index is -0.0849. The van der Waals surface area contributed by atoms with E-state index in [-0.39, 0.29) is 5.43 Å². The molecule has 0 radical (unpaired) electrons. The SMILES string of the molecule is Cc1cc(=O)c(-c2nc3nc(N)ccc3[nH]2)c[nH]1. The third-order valence-electron chi connectivity index (χ3n) is 2.68. The molecule has 90 valence electrons. The molecule has 3 aromatic heterocycles. The van der Waals surface area contributed by atoms with E-state index < -0.39 is 0 Å². The Balaban J connectivity index is 2.22. The topological polar surface area (TPSA) is 100 Å². The summed E-state index contributed by atoms with van der Waals surface area (Å²) in [5.41, 5.74) is 8.05. The van der Waals surface area contributed by atoms with Gasteiger partial charge in [0.25, 0.3) is 0 Å². The molecule has 4 N–H and O–H groups in total. The highest BCUT2D eigenvalue weighted by atomic mass is 16.1. The predicted octanol–water partition coefficient (Wildman–Crippen LogP) is 1.20. The van der Waals surface area contributed by atoms with E-state index in [0.29, 0.717) is 22.9 Å². The first-order chi connectivity index (χ1) is 8.63. The Kier molecular flexibility index (Phi) is 2.16. The fourth-order valence-electron chi connectivity index (χ4n) is 1.79. The molecule has 3 aromatic rings. The highest BCUT2D eigenvalue weighted by Crippen LogP contribution is 2.16. The summed E-state index contributed by atoms with van der Waals surface area (Å²) in [7, 11) is 0. The van der Waals surface area contributed by atoms with E-state index in [9.17, 15) is 4.79 Å². The van der Waals surface area contributed by atoms with Crippen molar-refractivity contribution >= 4 is 17.0 Å². The number of H-pyrrole nitrogens is 2. The van der Waals surface area contributed by atoms with Gasteiger partial charge in [-0.1, -0.05) is 0 Å². The average Bonchev–Trinajstić information content (AvgIpc) is 2.71. The molecular formula is C12H11N5O. The number of nitrogens with one attached hydrogen (secondary N) is 2. The van der Waals surface area contributed by atoms with Crippen LogP contribution in [0.15, 0.2) is 29.2 Å². The highest BCUT2D eigenvalue weighted by Gasteiger charge is 2.09. The number of hydrogen-bond donors (Lipinski definition) is 3. The van der Waals surface area contributed by atoms with Gasteiger partial charge in [-0.15, -0.1) is 0 Å². The van der Waals surface area contributed by atoms with Crippen molar-refractivity contribution in [3.05, 3.63) is 40.3 Å². The summed E-state index contributed by atoms with van der Waals surface area (Å²) in [5.74, 6) is 0.891. The lowest BCUT2D eigenvalue weighted by molar-refractivity contribution is 1.17. The molecule has 0 fully saturated rings. The number of hydrogen-bond acceptors (Lipinski definition) is 4. The smallest absolute Gasteiger partial charge is 0.192 e. The van der Waals surface area contributed by atoms with Crippen LogP contribution in [-0.4, -0.2) is 19.9 Å². The van der Waals surface area contributed by atoms with E-state index in [0.717, 1.165) is 11.2 Å². The maximum Gasteiger partial charge on any atom is 0.192 e. The lowest BCUT2D eigenvalue weighted by Gasteiger charge is -1.96. The van der Waals surface area contributed by atoms with Crippen LogP contribution in [0.5, 0.6) is 0 Å². The summed E-state index contributed by atoms with van der Waals surface area (Å²) < 4.78 is 0. The van der Waals surface area contributed by atoms with E-state index in [1.165, 1.54) is 6.07 Å². The molecule has 0 aliphatic rings. The molecule has 6 nitrogen and oxygen atoms in total. The molecule has 0 unspecified atom stereocenters. The Morgan fingerprint density at radius 2 is 2.11 bits per heavy atom. The Bertz CT molecular complexity index is 787.